The molecule has 0 aliphatic heterocycles. The molecule has 1 aromatic heterocycles. The number of amides is 1. The Kier molecular flexibility index (Phi) is 6.11. The molecular formula is C23H25N3O3S. The van der Waals surface area contributed by atoms with Crippen molar-refractivity contribution in [1.29, 1.82) is 0 Å². The van der Waals surface area contributed by atoms with Crippen molar-refractivity contribution >= 4 is 34.7 Å². The lowest BCUT2D eigenvalue weighted by Crippen LogP contribution is -2.23. The maximum atomic E-state index is 12.9. The molecule has 3 aromatic rings. The second kappa shape index (κ2) is 8.93. The van der Waals surface area contributed by atoms with Crippen LogP contribution in [-0.2, 0) is 24.1 Å². The van der Waals surface area contributed by atoms with E-state index in [4.69, 9.17) is 17.0 Å². The van der Waals surface area contributed by atoms with Crippen LogP contribution >= 0.6 is 12.2 Å². The highest BCUT2D eigenvalue weighted by Crippen LogP contribution is 2.28. The van der Waals surface area contributed by atoms with Crippen molar-refractivity contribution in [3.05, 3.63) is 68.2 Å². The van der Waals surface area contributed by atoms with Crippen LogP contribution in [0.3, 0.4) is 0 Å². The number of hydrogen-bond acceptors (Lipinski definition) is 4. The molecule has 30 heavy (non-hydrogen) atoms. The SMILES string of the molecule is COCCCn1c(=S)[nH]c2cc(C(=O)Nc3cccc4c3CCCC4)ccc2c1=O. The first-order chi connectivity index (χ1) is 14.6. The summed E-state index contributed by atoms with van der Waals surface area (Å²) < 4.78 is 6.93. The first-order valence-corrected chi connectivity index (χ1v) is 10.7. The first-order valence-electron chi connectivity index (χ1n) is 10.3. The number of ether oxygens (including phenoxy) is 1. The maximum absolute atomic E-state index is 12.9. The highest BCUT2D eigenvalue weighted by atomic mass is 32.1. The highest BCUT2D eigenvalue weighted by Gasteiger charge is 2.16. The molecule has 0 saturated heterocycles. The number of carbonyl (C=O) groups excluding carboxylic acids is 1. The number of anilines is 1. The molecule has 2 aromatic carbocycles. The first kappa shape index (κ1) is 20.5. The fourth-order valence-corrected chi connectivity index (χ4v) is 4.34. The molecule has 0 bridgehead atoms. The van der Waals surface area contributed by atoms with Gasteiger partial charge in [-0.3, -0.25) is 14.2 Å². The van der Waals surface area contributed by atoms with Crippen molar-refractivity contribution in [2.45, 2.75) is 38.6 Å². The number of hydrogen-bond donors (Lipinski definition) is 2. The molecule has 1 amide bonds. The fourth-order valence-electron chi connectivity index (χ4n) is 4.06. The second-order valence-corrected chi connectivity index (χ2v) is 7.98. The Labute approximate surface area is 179 Å². The van der Waals surface area contributed by atoms with Crippen LogP contribution in [-0.4, -0.2) is 29.2 Å². The number of aromatic nitrogens is 2. The number of fused-ring (bicyclic) bond motifs is 2. The molecule has 0 saturated carbocycles. The maximum Gasteiger partial charge on any atom is 0.262 e. The quantitative estimate of drug-likeness (QED) is 0.460. The zero-order valence-corrected chi connectivity index (χ0v) is 17.8. The summed E-state index contributed by atoms with van der Waals surface area (Å²) in [6, 6.07) is 11.1. The summed E-state index contributed by atoms with van der Waals surface area (Å²) in [4.78, 5) is 28.8. The van der Waals surface area contributed by atoms with Gasteiger partial charge in [0.05, 0.1) is 10.9 Å². The van der Waals surface area contributed by atoms with E-state index in [0.717, 1.165) is 24.9 Å². The summed E-state index contributed by atoms with van der Waals surface area (Å²) in [7, 11) is 1.63. The third kappa shape index (κ3) is 4.08. The van der Waals surface area contributed by atoms with Crippen LogP contribution in [0.15, 0.2) is 41.2 Å². The Balaban J connectivity index is 1.62. The lowest BCUT2D eigenvalue weighted by molar-refractivity contribution is 0.102. The normalized spacial score (nSPS) is 13.2. The Morgan fingerprint density at radius 1 is 1.23 bits per heavy atom. The Morgan fingerprint density at radius 3 is 2.90 bits per heavy atom. The van der Waals surface area contributed by atoms with E-state index in [1.807, 2.05) is 12.1 Å². The van der Waals surface area contributed by atoms with E-state index in [1.54, 1.807) is 25.3 Å². The Morgan fingerprint density at radius 2 is 2.07 bits per heavy atom. The lowest BCUT2D eigenvalue weighted by Gasteiger charge is -2.19. The molecule has 1 heterocycles. The zero-order valence-electron chi connectivity index (χ0n) is 17.0. The Bertz CT molecular complexity index is 1210. The van der Waals surface area contributed by atoms with Crippen molar-refractivity contribution < 1.29 is 9.53 Å². The summed E-state index contributed by atoms with van der Waals surface area (Å²) in [5.41, 5.74) is 4.31. The van der Waals surface area contributed by atoms with E-state index >= 15 is 0 Å². The number of nitrogens with one attached hydrogen (secondary N) is 2. The number of nitrogens with zero attached hydrogens (tertiary/aromatic N) is 1. The number of methoxy groups -OCH3 is 1. The number of benzene rings is 2. The lowest BCUT2D eigenvalue weighted by atomic mass is 9.90. The molecule has 2 N–H and O–H groups in total. The summed E-state index contributed by atoms with van der Waals surface area (Å²) in [6.07, 6.45) is 5.07. The van der Waals surface area contributed by atoms with Crippen LogP contribution in [0.4, 0.5) is 5.69 Å². The van der Waals surface area contributed by atoms with Gasteiger partial charge in [0.15, 0.2) is 4.77 Å². The van der Waals surface area contributed by atoms with E-state index in [1.165, 1.54) is 22.1 Å². The molecule has 0 radical (unpaired) electrons. The second-order valence-electron chi connectivity index (χ2n) is 7.60. The zero-order chi connectivity index (χ0) is 21.1. The summed E-state index contributed by atoms with van der Waals surface area (Å²) >= 11 is 5.36. The van der Waals surface area contributed by atoms with Crippen LogP contribution in [0.2, 0.25) is 0 Å². The van der Waals surface area contributed by atoms with Gasteiger partial charge >= 0.3 is 0 Å². The van der Waals surface area contributed by atoms with Crippen molar-refractivity contribution in [2.75, 3.05) is 19.0 Å². The minimum absolute atomic E-state index is 0.158. The highest BCUT2D eigenvalue weighted by molar-refractivity contribution is 7.71. The number of carbonyl (C=O) groups is 1. The van der Waals surface area contributed by atoms with Crippen molar-refractivity contribution in [2.24, 2.45) is 0 Å². The predicted octanol–water partition coefficient (Wildman–Crippen LogP) is 4.23. The molecule has 6 nitrogen and oxygen atoms in total. The molecule has 4 rings (SSSR count). The minimum atomic E-state index is -0.195. The van der Waals surface area contributed by atoms with Crippen LogP contribution in [0, 0.1) is 4.77 Å². The molecule has 0 fully saturated rings. The minimum Gasteiger partial charge on any atom is -0.385 e. The molecule has 0 spiro atoms. The molecule has 0 atom stereocenters. The smallest absolute Gasteiger partial charge is 0.262 e. The monoisotopic (exact) mass is 423 g/mol. The van der Waals surface area contributed by atoms with E-state index in [-0.39, 0.29) is 11.5 Å². The number of H-pyrrole nitrogens is 1. The predicted molar refractivity (Wildman–Crippen MR) is 121 cm³/mol. The van der Waals surface area contributed by atoms with Gasteiger partial charge in [0.1, 0.15) is 0 Å². The number of aromatic amines is 1. The molecule has 1 aliphatic carbocycles. The van der Waals surface area contributed by atoms with Gasteiger partial charge in [0.2, 0.25) is 0 Å². The van der Waals surface area contributed by atoms with Gasteiger partial charge in [-0.2, -0.15) is 0 Å². The summed E-state index contributed by atoms with van der Waals surface area (Å²) in [6.45, 7) is 1.04. The van der Waals surface area contributed by atoms with Gasteiger partial charge in [0, 0.05) is 31.5 Å². The topological polar surface area (TPSA) is 76.1 Å². The molecule has 7 heteroatoms. The third-order valence-electron chi connectivity index (χ3n) is 5.62. The van der Waals surface area contributed by atoms with E-state index < -0.39 is 0 Å². The molecular weight excluding hydrogens is 398 g/mol. The standard InChI is InChI=1S/C23H25N3O3S/c1-29-13-5-12-26-22(28)18-11-10-16(14-20(18)25-23(26)30)21(27)24-19-9-4-7-15-6-2-3-8-17(15)19/h4,7,9-11,14H,2-3,5-6,8,12-13H2,1H3,(H,24,27)(H,25,30). The van der Waals surface area contributed by atoms with Gasteiger partial charge in [-0.25, -0.2) is 0 Å². The van der Waals surface area contributed by atoms with Crippen LogP contribution in [0.25, 0.3) is 10.9 Å². The summed E-state index contributed by atoms with van der Waals surface area (Å²) in [5.74, 6) is -0.195. The largest absolute Gasteiger partial charge is 0.385 e. The van der Waals surface area contributed by atoms with Crippen molar-refractivity contribution in [1.82, 2.24) is 9.55 Å². The molecule has 0 unspecified atom stereocenters. The van der Waals surface area contributed by atoms with Gasteiger partial charge in [-0.05, 0) is 79.7 Å². The number of aryl methyl sites for hydroxylation is 1. The fraction of sp³-hybridized carbons (Fsp3) is 0.348. The van der Waals surface area contributed by atoms with Gasteiger partial charge in [0.25, 0.3) is 11.5 Å². The average molecular weight is 424 g/mol. The van der Waals surface area contributed by atoms with Crippen LogP contribution < -0.4 is 10.9 Å². The van der Waals surface area contributed by atoms with E-state index in [2.05, 4.69) is 16.4 Å². The molecule has 156 valence electrons. The van der Waals surface area contributed by atoms with Gasteiger partial charge < -0.3 is 15.0 Å². The van der Waals surface area contributed by atoms with E-state index in [0.29, 0.717) is 40.8 Å². The van der Waals surface area contributed by atoms with Crippen molar-refractivity contribution in [3.63, 3.8) is 0 Å². The summed E-state index contributed by atoms with van der Waals surface area (Å²) in [5, 5.41) is 3.56. The number of rotatable bonds is 6. The van der Waals surface area contributed by atoms with Gasteiger partial charge in [-0.1, -0.05) is 12.1 Å². The van der Waals surface area contributed by atoms with Crippen molar-refractivity contribution in [3.8, 4) is 0 Å². The van der Waals surface area contributed by atoms with E-state index in [9.17, 15) is 9.59 Å². The third-order valence-corrected chi connectivity index (χ3v) is 5.94. The average Bonchev–Trinajstić information content (AvgIpc) is 2.76. The Hall–Kier alpha value is -2.77. The molecule has 1 aliphatic rings. The van der Waals surface area contributed by atoms with Gasteiger partial charge in [-0.15, -0.1) is 0 Å². The van der Waals surface area contributed by atoms with Crippen LogP contribution in [0.5, 0.6) is 0 Å². The van der Waals surface area contributed by atoms with Crippen LogP contribution in [0.1, 0.15) is 40.7 Å².